The summed E-state index contributed by atoms with van der Waals surface area (Å²) < 4.78 is 17.4. The van der Waals surface area contributed by atoms with E-state index in [1.165, 1.54) is 12.1 Å². The molecule has 0 aliphatic carbocycles. The van der Waals surface area contributed by atoms with Crippen LogP contribution in [0.1, 0.15) is 16.1 Å². The number of benzene rings is 1. The van der Waals surface area contributed by atoms with Crippen molar-refractivity contribution < 1.29 is 14.0 Å². The second-order valence-electron chi connectivity index (χ2n) is 3.56. The first-order chi connectivity index (χ1) is 8.79. The second kappa shape index (κ2) is 5.77. The molecule has 92 valence electrons. The van der Waals surface area contributed by atoms with Gasteiger partial charge in [-0.05, 0) is 36.4 Å². The van der Waals surface area contributed by atoms with Crippen LogP contribution >= 0.6 is 0 Å². The third kappa shape index (κ3) is 3.04. The SMILES string of the molecule is O=C(NF)c1ccc(OCc2ccccn2)cc1. The Morgan fingerprint density at radius 2 is 2.00 bits per heavy atom. The molecule has 0 spiro atoms. The molecule has 4 nitrogen and oxygen atoms in total. The Labute approximate surface area is 103 Å². The minimum Gasteiger partial charge on any atom is -0.487 e. The summed E-state index contributed by atoms with van der Waals surface area (Å²) in [6.45, 7) is 0.343. The van der Waals surface area contributed by atoms with Crippen molar-refractivity contribution in [1.29, 1.82) is 0 Å². The van der Waals surface area contributed by atoms with Crippen LogP contribution < -0.4 is 10.3 Å². The molecule has 0 aliphatic heterocycles. The third-order valence-corrected chi connectivity index (χ3v) is 2.32. The molecule has 1 amide bonds. The zero-order valence-electron chi connectivity index (χ0n) is 9.47. The van der Waals surface area contributed by atoms with E-state index in [9.17, 15) is 9.28 Å². The van der Waals surface area contributed by atoms with E-state index in [4.69, 9.17) is 4.74 Å². The monoisotopic (exact) mass is 246 g/mol. The molecule has 5 heteroatoms. The highest BCUT2D eigenvalue weighted by molar-refractivity contribution is 5.93. The van der Waals surface area contributed by atoms with E-state index in [-0.39, 0.29) is 5.56 Å². The number of pyridine rings is 1. The zero-order valence-corrected chi connectivity index (χ0v) is 9.47. The first kappa shape index (κ1) is 12.0. The lowest BCUT2D eigenvalue weighted by molar-refractivity contribution is 0.0859. The number of carbonyl (C=O) groups excluding carboxylic acids is 1. The summed E-state index contributed by atoms with van der Waals surface area (Å²) in [4.78, 5) is 15.1. The number of nitrogens with zero attached hydrogens (tertiary/aromatic N) is 1. The van der Waals surface area contributed by atoms with Gasteiger partial charge in [-0.25, -0.2) is 0 Å². The summed E-state index contributed by atoms with van der Waals surface area (Å²) in [5, 5.41) is 0. The van der Waals surface area contributed by atoms with Crippen molar-refractivity contribution in [2.45, 2.75) is 6.61 Å². The van der Waals surface area contributed by atoms with E-state index in [0.717, 1.165) is 11.2 Å². The van der Waals surface area contributed by atoms with Crippen molar-refractivity contribution in [3.05, 3.63) is 59.9 Å². The van der Waals surface area contributed by atoms with Gasteiger partial charge in [-0.15, -0.1) is 0 Å². The second-order valence-corrected chi connectivity index (χ2v) is 3.56. The summed E-state index contributed by atoms with van der Waals surface area (Å²) in [5.41, 5.74) is 2.12. The molecule has 0 fully saturated rings. The Bertz CT molecular complexity index is 514. The average Bonchev–Trinajstić information content (AvgIpc) is 2.46. The predicted molar refractivity (Wildman–Crippen MR) is 63.6 cm³/mol. The van der Waals surface area contributed by atoms with Crippen LogP contribution in [-0.4, -0.2) is 10.9 Å². The summed E-state index contributed by atoms with van der Waals surface area (Å²) in [6, 6.07) is 11.7. The van der Waals surface area contributed by atoms with Gasteiger partial charge in [0.2, 0.25) is 0 Å². The topological polar surface area (TPSA) is 51.2 Å². The zero-order chi connectivity index (χ0) is 12.8. The fourth-order valence-electron chi connectivity index (χ4n) is 1.40. The number of hydrogen-bond donors (Lipinski definition) is 1. The number of rotatable bonds is 4. The van der Waals surface area contributed by atoms with Gasteiger partial charge in [0.05, 0.1) is 5.69 Å². The molecule has 0 atom stereocenters. The quantitative estimate of drug-likeness (QED) is 0.842. The van der Waals surface area contributed by atoms with Crippen molar-refractivity contribution in [1.82, 2.24) is 10.5 Å². The van der Waals surface area contributed by atoms with Crippen molar-refractivity contribution in [2.24, 2.45) is 0 Å². The van der Waals surface area contributed by atoms with Crippen molar-refractivity contribution in [3.63, 3.8) is 0 Å². The Morgan fingerprint density at radius 1 is 1.22 bits per heavy atom. The molecule has 0 saturated carbocycles. The molecule has 1 heterocycles. The standard InChI is InChI=1S/C13H11FN2O2/c14-16-13(17)10-4-6-12(7-5-10)18-9-11-3-1-2-8-15-11/h1-8H,9H2,(H,16,17). The van der Waals surface area contributed by atoms with E-state index >= 15 is 0 Å². The van der Waals surface area contributed by atoms with Gasteiger partial charge in [0.1, 0.15) is 12.4 Å². The van der Waals surface area contributed by atoms with E-state index in [1.807, 2.05) is 18.2 Å². The molecule has 0 saturated heterocycles. The van der Waals surface area contributed by atoms with E-state index in [0.29, 0.717) is 12.4 Å². The highest BCUT2D eigenvalue weighted by Crippen LogP contribution is 2.13. The van der Waals surface area contributed by atoms with Crippen LogP contribution in [0.3, 0.4) is 0 Å². The maximum absolute atomic E-state index is 11.9. The lowest BCUT2D eigenvalue weighted by Gasteiger charge is -2.05. The molecule has 2 rings (SSSR count). The van der Waals surface area contributed by atoms with Crippen LogP contribution in [0.5, 0.6) is 5.75 Å². The first-order valence-corrected chi connectivity index (χ1v) is 5.33. The highest BCUT2D eigenvalue weighted by atomic mass is 19.2. The molecule has 1 aromatic carbocycles. The molecule has 0 unspecified atom stereocenters. The minimum absolute atomic E-state index is 0.239. The largest absolute Gasteiger partial charge is 0.487 e. The van der Waals surface area contributed by atoms with Gasteiger partial charge >= 0.3 is 0 Å². The Hall–Kier alpha value is -2.43. The third-order valence-electron chi connectivity index (χ3n) is 2.32. The van der Waals surface area contributed by atoms with Crippen LogP contribution in [-0.2, 0) is 6.61 Å². The summed E-state index contributed by atoms with van der Waals surface area (Å²) in [7, 11) is 0. The van der Waals surface area contributed by atoms with Gasteiger partial charge in [0.15, 0.2) is 0 Å². The van der Waals surface area contributed by atoms with Crippen LogP contribution in [0.2, 0.25) is 0 Å². The van der Waals surface area contributed by atoms with Crippen molar-refractivity contribution >= 4 is 5.91 Å². The van der Waals surface area contributed by atoms with Crippen LogP contribution in [0.15, 0.2) is 48.7 Å². The first-order valence-electron chi connectivity index (χ1n) is 5.33. The Balaban J connectivity index is 1.97. The molecular formula is C13H11FN2O2. The Kier molecular flexibility index (Phi) is 3.86. The van der Waals surface area contributed by atoms with Crippen LogP contribution in [0.4, 0.5) is 4.48 Å². The predicted octanol–water partition coefficient (Wildman–Crippen LogP) is 2.27. The van der Waals surface area contributed by atoms with Crippen molar-refractivity contribution in [2.75, 3.05) is 0 Å². The maximum atomic E-state index is 11.9. The smallest absolute Gasteiger partial charge is 0.278 e. The number of amides is 1. The number of hydrogen-bond acceptors (Lipinski definition) is 3. The molecule has 1 aromatic heterocycles. The van der Waals surface area contributed by atoms with E-state index < -0.39 is 5.91 Å². The fourth-order valence-corrected chi connectivity index (χ4v) is 1.40. The number of halogens is 1. The van der Waals surface area contributed by atoms with Gasteiger partial charge in [0, 0.05) is 11.8 Å². The van der Waals surface area contributed by atoms with Gasteiger partial charge < -0.3 is 4.74 Å². The van der Waals surface area contributed by atoms with E-state index in [1.54, 1.807) is 18.3 Å². The Morgan fingerprint density at radius 3 is 2.61 bits per heavy atom. The van der Waals surface area contributed by atoms with E-state index in [2.05, 4.69) is 4.98 Å². The average molecular weight is 246 g/mol. The number of aromatic nitrogens is 1. The summed E-state index contributed by atoms with van der Waals surface area (Å²) in [5.74, 6) is -0.178. The summed E-state index contributed by atoms with van der Waals surface area (Å²) in [6.07, 6.45) is 1.69. The molecule has 1 N–H and O–H groups in total. The molecule has 0 radical (unpaired) electrons. The normalized spacial score (nSPS) is 9.83. The maximum Gasteiger partial charge on any atom is 0.278 e. The number of ether oxygens (including phenoxy) is 1. The molecule has 18 heavy (non-hydrogen) atoms. The van der Waals surface area contributed by atoms with Crippen molar-refractivity contribution in [3.8, 4) is 5.75 Å². The number of nitrogens with one attached hydrogen (secondary N) is 1. The molecular weight excluding hydrogens is 235 g/mol. The van der Waals surface area contributed by atoms with Crippen LogP contribution in [0.25, 0.3) is 0 Å². The van der Waals surface area contributed by atoms with Gasteiger partial charge in [-0.3, -0.25) is 9.78 Å². The molecule has 0 bridgehead atoms. The van der Waals surface area contributed by atoms with Crippen LogP contribution in [0, 0.1) is 0 Å². The molecule has 2 aromatic rings. The van der Waals surface area contributed by atoms with Gasteiger partial charge in [-0.2, -0.15) is 5.54 Å². The van der Waals surface area contributed by atoms with Gasteiger partial charge in [-0.1, -0.05) is 10.5 Å². The lowest BCUT2D eigenvalue weighted by Crippen LogP contribution is -2.13. The minimum atomic E-state index is -0.772. The molecule has 0 aliphatic rings. The number of carbonyl (C=O) groups is 1. The summed E-state index contributed by atoms with van der Waals surface area (Å²) >= 11 is 0. The lowest BCUT2D eigenvalue weighted by atomic mass is 10.2. The fraction of sp³-hybridized carbons (Fsp3) is 0.0769. The highest BCUT2D eigenvalue weighted by Gasteiger charge is 2.04. The van der Waals surface area contributed by atoms with Gasteiger partial charge in [0.25, 0.3) is 5.91 Å².